The summed E-state index contributed by atoms with van der Waals surface area (Å²) in [6.07, 6.45) is 0.942. The molecule has 0 bridgehead atoms. The number of rotatable bonds is 4. The lowest BCUT2D eigenvalue weighted by Crippen LogP contribution is -2.58. The topological polar surface area (TPSA) is 64.3 Å². The summed E-state index contributed by atoms with van der Waals surface area (Å²) in [7, 11) is 0. The van der Waals surface area contributed by atoms with E-state index >= 15 is 0 Å². The molecule has 126 valence electrons. The van der Waals surface area contributed by atoms with Gasteiger partial charge in [0.15, 0.2) is 0 Å². The Balaban J connectivity index is 1.51. The fourth-order valence-corrected chi connectivity index (χ4v) is 3.39. The van der Waals surface area contributed by atoms with Gasteiger partial charge in [-0.2, -0.15) is 0 Å². The Morgan fingerprint density at radius 2 is 1.96 bits per heavy atom. The molecule has 0 aliphatic heterocycles. The van der Waals surface area contributed by atoms with Crippen LogP contribution in [-0.4, -0.2) is 12.1 Å². The number of hydrogen-bond donors (Lipinski definition) is 2. The molecule has 1 saturated carbocycles. The molecular formula is C19H21ClN2O2. The fraction of sp³-hybridized carbons (Fsp3) is 0.316. The summed E-state index contributed by atoms with van der Waals surface area (Å²) in [4.78, 5) is 11.9. The van der Waals surface area contributed by atoms with Gasteiger partial charge < -0.3 is 15.8 Å². The minimum atomic E-state index is -0.438. The van der Waals surface area contributed by atoms with E-state index in [9.17, 15) is 4.79 Å². The molecule has 1 fully saturated rings. The van der Waals surface area contributed by atoms with Crippen LogP contribution in [0.4, 0.5) is 4.79 Å². The summed E-state index contributed by atoms with van der Waals surface area (Å²) in [5.74, 6) is 0. The normalized spacial score (nSPS) is 22.5. The van der Waals surface area contributed by atoms with Crippen molar-refractivity contribution in [2.75, 3.05) is 0 Å². The van der Waals surface area contributed by atoms with E-state index in [0.717, 1.165) is 21.7 Å². The highest BCUT2D eigenvalue weighted by atomic mass is 35.5. The molecule has 3 rings (SSSR count). The van der Waals surface area contributed by atoms with Crippen LogP contribution in [0.25, 0.3) is 0 Å². The Morgan fingerprint density at radius 3 is 2.67 bits per heavy atom. The Morgan fingerprint density at radius 1 is 1.25 bits per heavy atom. The van der Waals surface area contributed by atoms with Gasteiger partial charge in [-0.05, 0) is 42.5 Å². The first kappa shape index (κ1) is 16.8. The van der Waals surface area contributed by atoms with E-state index in [-0.39, 0.29) is 12.6 Å². The molecule has 4 nitrogen and oxygen atoms in total. The third kappa shape index (κ3) is 3.55. The second kappa shape index (κ2) is 6.83. The summed E-state index contributed by atoms with van der Waals surface area (Å²) >= 11 is 6.18. The second-order valence-corrected chi connectivity index (χ2v) is 6.79. The molecule has 0 radical (unpaired) electrons. The Bertz CT molecular complexity index is 727. The lowest BCUT2D eigenvalue weighted by Gasteiger charge is -2.46. The maximum absolute atomic E-state index is 11.9. The van der Waals surface area contributed by atoms with Crippen molar-refractivity contribution in [2.45, 2.75) is 38.0 Å². The summed E-state index contributed by atoms with van der Waals surface area (Å²) < 4.78 is 5.24. The lowest BCUT2D eigenvalue weighted by molar-refractivity contribution is 0.114. The number of carbonyl (C=O) groups excluding carboxylic acids is 1. The number of amides is 1. The van der Waals surface area contributed by atoms with Gasteiger partial charge in [-0.1, -0.05) is 54.1 Å². The molecule has 2 aromatic carbocycles. The minimum Gasteiger partial charge on any atom is -0.445 e. The molecule has 1 amide bonds. The first-order valence-corrected chi connectivity index (χ1v) is 8.37. The van der Waals surface area contributed by atoms with Gasteiger partial charge >= 0.3 is 6.09 Å². The highest BCUT2D eigenvalue weighted by molar-refractivity contribution is 6.31. The first-order valence-electron chi connectivity index (χ1n) is 8.00. The predicted molar refractivity (Wildman–Crippen MR) is 94.8 cm³/mol. The van der Waals surface area contributed by atoms with Gasteiger partial charge in [-0.25, -0.2) is 4.79 Å². The number of alkyl carbamates (subject to hydrolysis) is 1. The third-order valence-corrected chi connectivity index (χ3v) is 4.97. The zero-order valence-corrected chi connectivity index (χ0v) is 14.3. The van der Waals surface area contributed by atoms with Gasteiger partial charge in [0, 0.05) is 16.6 Å². The average Bonchev–Trinajstić information content (AvgIpc) is 2.55. The van der Waals surface area contributed by atoms with Gasteiger partial charge in [0.1, 0.15) is 6.61 Å². The molecule has 1 aliphatic carbocycles. The molecule has 0 atom stereocenters. The smallest absolute Gasteiger partial charge is 0.407 e. The largest absolute Gasteiger partial charge is 0.445 e. The predicted octanol–water partition coefficient (Wildman–Crippen LogP) is 3.89. The molecule has 5 heteroatoms. The van der Waals surface area contributed by atoms with Crippen LogP contribution in [0.5, 0.6) is 0 Å². The Kier molecular flexibility index (Phi) is 4.78. The zero-order chi connectivity index (χ0) is 17.2. The molecular weight excluding hydrogens is 324 g/mol. The van der Waals surface area contributed by atoms with Gasteiger partial charge in [-0.3, -0.25) is 0 Å². The number of carbonyl (C=O) groups is 1. The van der Waals surface area contributed by atoms with Crippen molar-refractivity contribution < 1.29 is 9.53 Å². The molecule has 0 aromatic heterocycles. The average molecular weight is 345 g/mol. The second-order valence-electron chi connectivity index (χ2n) is 6.38. The van der Waals surface area contributed by atoms with Gasteiger partial charge in [0.2, 0.25) is 0 Å². The van der Waals surface area contributed by atoms with Gasteiger partial charge in [-0.15, -0.1) is 0 Å². The van der Waals surface area contributed by atoms with Crippen molar-refractivity contribution in [3.05, 3.63) is 70.2 Å². The molecule has 0 unspecified atom stereocenters. The monoisotopic (exact) mass is 344 g/mol. The lowest BCUT2D eigenvalue weighted by atomic mass is 9.68. The van der Waals surface area contributed by atoms with Crippen LogP contribution < -0.4 is 11.1 Å². The van der Waals surface area contributed by atoms with Crippen molar-refractivity contribution in [3.8, 4) is 0 Å². The number of benzene rings is 2. The highest BCUT2D eigenvalue weighted by Crippen LogP contribution is 2.41. The SMILES string of the molecule is Cc1c(Cl)cccc1C1(N)CC(NC(=O)OCc2ccccc2)C1. The van der Waals surface area contributed by atoms with Crippen molar-refractivity contribution in [2.24, 2.45) is 5.73 Å². The molecule has 0 saturated heterocycles. The highest BCUT2D eigenvalue weighted by Gasteiger charge is 2.44. The van der Waals surface area contributed by atoms with E-state index in [1.165, 1.54) is 0 Å². The number of hydrogen-bond acceptors (Lipinski definition) is 3. The van der Waals surface area contributed by atoms with Crippen LogP contribution in [0.2, 0.25) is 5.02 Å². The van der Waals surface area contributed by atoms with Crippen LogP contribution in [0, 0.1) is 6.92 Å². The minimum absolute atomic E-state index is 0.0247. The van der Waals surface area contributed by atoms with Crippen LogP contribution >= 0.6 is 11.6 Å². The van der Waals surface area contributed by atoms with Crippen LogP contribution in [0.3, 0.4) is 0 Å². The maximum Gasteiger partial charge on any atom is 0.407 e. The van der Waals surface area contributed by atoms with Crippen LogP contribution in [0.1, 0.15) is 29.5 Å². The molecule has 0 spiro atoms. The van der Waals surface area contributed by atoms with Crippen molar-refractivity contribution in [1.29, 1.82) is 0 Å². The molecule has 0 heterocycles. The number of halogens is 1. The fourth-order valence-electron chi connectivity index (χ4n) is 3.22. The zero-order valence-electron chi connectivity index (χ0n) is 13.6. The van der Waals surface area contributed by atoms with Gasteiger partial charge in [0.05, 0.1) is 0 Å². The van der Waals surface area contributed by atoms with Gasteiger partial charge in [0.25, 0.3) is 0 Å². The van der Waals surface area contributed by atoms with Crippen molar-refractivity contribution in [1.82, 2.24) is 5.32 Å². The van der Waals surface area contributed by atoms with E-state index in [0.29, 0.717) is 12.8 Å². The summed E-state index contributed by atoms with van der Waals surface area (Å²) in [5, 5.41) is 3.59. The Hall–Kier alpha value is -2.04. The molecule has 3 N–H and O–H groups in total. The Labute approximate surface area is 147 Å². The molecule has 2 aromatic rings. The van der Waals surface area contributed by atoms with Crippen LogP contribution in [-0.2, 0) is 16.9 Å². The van der Waals surface area contributed by atoms with E-state index in [2.05, 4.69) is 5.32 Å². The molecule has 24 heavy (non-hydrogen) atoms. The van der Waals surface area contributed by atoms with E-state index < -0.39 is 11.6 Å². The van der Waals surface area contributed by atoms with E-state index in [1.54, 1.807) is 0 Å². The summed E-state index contributed by atoms with van der Waals surface area (Å²) in [5.41, 5.74) is 9.05. The summed E-state index contributed by atoms with van der Waals surface area (Å²) in [6, 6.07) is 15.4. The first-order chi connectivity index (χ1) is 11.5. The number of nitrogens with one attached hydrogen (secondary N) is 1. The standard InChI is InChI=1S/C19H21ClN2O2/c1-13-16(8-5-9-17(13)20)19(21)10-15(11-19)22-18(23)24-12-14-6-3-2-4-7-14/h2-9,15H,10-12,21H2,1H3,(H,22,23). The molecule has 1 aliphatic rings. The number of ether oxygens (including phenoxy) is 1. The van der Waals surface area contributed by atoms with E-state index in [4.69, 9.17) is 22.1 Å². The quantitative estimate of drug-likeness (QED) is 0.884. The maximum atomic E-state index is 11.9. The third-order valence-electron chi connectivity index (χ3n) is 4.56. The van der Waals surface area contributed by atoms with Crippen molar-refractivity contribution in [3.63, 3.8) is 0 Å². The number of nitrogens with two attached hydrogens (primary N) is 1. The van der Waals surface area contributed by atoms with Crippen molar-refractivity contribution >= 4 is 17.7 Å². The van der Waals surface area contributed by atoms with Crippen LogP contribution in [0.15, 0.2) is 48.5 Å². The van der Waals surface area contributed by atoms with E-state index in [1.807, 2.05) is 55.5 Å². The summed E-state index contributed by atoms with van der Waals surface area (Å²) in [6.45, 7) is 2.24.